The van der Waals surface area contributed by atoms with Crippen LogP contribution in [0.3, 0.4) is 0 Å². The number of aliphatic hydroxyl groups is 1. The number of aliphatic hydroxyl groups excluding tert-OH is 1. The maximum atomic E-state index is 13.3. The zero-order valence-corrected chi connectivity index (χ0v) is 9.21. The molecule has 0 aliphatic carbocycles. The number of rotatable bonds is 4. The molecule has 0 radical (unpaired) electrons. The monoisotopic (exact) mass is 234 g/mol. The molecule has 5 heteroatoms. The van der Waals surface area contributed by atoms with Gasteiger partial charge in [0.25, 0.3) is 0 Å². The van der Waals surface area contributed by atoms with Crippen molar-refractivity contribution in [2.45, 2.75) is 6.10 Å². The number of ether oxygens (including phenoxy) is 2. The number of halogens is 2. The van der Waals surface area contributed by atoms with Gasteiger partial charge in [-0.2, -0.15) is 0 Å². The summed E-state index contributed by atoms with van der Waals surface area (Å²) in [6.45, 7) is 0. The molecule has 3 nitrogen and oxygen atoms in total. The highest BCUT2D eigenvalue weighted by Gasteiger charge is 2.21. The summed E-state index contributed by atoms with van der Waals surface area (Å²) < 4.78 is 23.2. The Hall–Kier alpha value is -1.00. The van der Waals surface area contributed by atoms with Gasteiger partial charge in [0.1, 0.15) is 5.75 Å². The lowest BCUT2D eigenvalue weighted by Gasteiger charge is -2.16. The molecule has 0 bridgehead atoms. The average molecular weight is 235 g/mol. The van der Waals surface area contributed by atoms with Gasteiger partial charge < -0.3 is 14.6 Å². The van der Waals surface area contributed by atoms with E-state index in [-0.39, 0.29) is 17.2 Å². The van der Waals surface area contributed by atoms with E-state index in [4.69, 9.17) is 21.1 Å². The molecule has 1 atom stereocenters. The topological polar surface area (TPSA) is 38.7 Å². The van der Waals surface area contributed by atoms with Crippen molar-refractivity contribution in [1.82, 2.24) is 0 Å². The first-order valence-corrected chi connectivity index (χ1v) is 4.83. The molecular formula is C10H12ClFO3. The molecule has 0 aromatic heterocycles. The average Bonchev–Trinajstić information content (AvgIpc) is 2.27. The number of methoxy groups -OCH3 is 2. The van der Waals surface area contributed by atoms with E-state index in [1.54, 1.807) is 0 Å². The summed E-state index contributed by atoms with van der Waals surface area (Å²) in [4.78, 5) is 0. The summed E-state index contributed by atoms with van der Waals surface area (Å²) in [6.07, 6.45) is -1.02. The van der Waals surface area contributed by atoms with Crippen LogP contribution in [0.4, 0.5) is 4.39 Å². The van der Waals surface area contributed by atoms with Crippen molar-refractivity contribution in [2.24, 2.45) is 0 Å². The first-order valence-electron chi connectivity index (χ1n) is 4.30. The fourth-order valence-electron chi connectivity index (χ4n) is 1.33. The Bertz CT molecular complexity index is 344. The number of hydrogen-bond acceptors (Lipinski definition) is 3. The third-order valence-electron chi connectivity index (χ3n) is 2.01. The lowest BCUT2D eigenvalue weighted by atomic mass is 10.1. The Balaban J connectivity index is 3.33. The zero-order valence-electron chi connectivity index (χ0n) is 8.46. The van der Waals surface area contributed by atoms with Crippen molar-refractivity contribution >= 4 is 11.6 Å². The van der Waals surface area contributed by atoms with E-state index in [9.17, 15) is 9.50 Å². The van der Waals surface area contributed by atoms with Crippen LogP contribution in [0.25, 0.3) is 0 Å². The fraction of sp³-hybridized carbons (Fsp3) is 0.400. The summed E-state index contributed by atoms with van der Waals surface area (Å²) >= 11 is 5.51. The van der Waals surface area contributed by atoms with Crippen LogP contribution in [0.1, 0.15) is 11.7 Å². The maximum Gasteiger partial charge on any atom is 0.165 e. The van der Waals surface area contributed by atoms with Gasteiger partial charge in [0, 0.05) is 0 Å². The Kier molecular flexibility index (Phi) is 4.17. The van der Waals surface area contributed by atoms with Crippen molar-refractivity contribution < 1.29 is 19.0 Å². The minimum Gasteiger partial charge on any atom is -0.496 e. The van der Waals surface area contributed by atoms with Crippen molar-refractivity contribution in [3.63, 3.8) is 0 Å². The summed E-state index contributed by atoms with van der Waals surface area (Å²) in [5.41, 5.74) is 0.231. The van der Waals surface area contributed by atoms with E-state index in [2.05, 4.69) is 0 Å². The van der Waals surface area contributed by atoms with Crippen LogP contribution in [0.5, 0.6) is 11.5 Å². The molecule has 1 N–H and O–H groups in total. The van der Waals surface area contributed by atoms with Gasteiger partial charge >= 0.3 is 0 Å². The van der Waals surface area contributed by atoms with E-state index >= 15 is 0 Å². The zero-order chi connectivity index (χ0) is 11.4. The molecule has 0 saturated heterocycles. The maximum absolute atomic E-state index is 13.3. The van der Waals surface area contributed by atoms with Gasteiger partial charge in [-0.05, 0) is 12.1 Å². The molecule has 0 aliphatic heterocycles. The van der Waals surface area contributed by atoms with Gasteiger partial charge in [0.2, 0.25) is 0 Å². The standard InChI is InChI=1S/C10H12ClFO3/c1-14-8-4-3-6(12)10(15-2)9(8)7(13)5-11/h3-4,7,13H,5H2,1-2H3. The molecule has 1 unspecified atom stereocenters. The van der Waals surface area contributed by atoms with Gasteiger partial charge in [-0.15, -0.1) is 11.6 Å². The van der Waals surface area contributed by atoms with E-state index < -0.39 is 11.9 Å². The van der Waals surface area contributed by atoms with Crippen LogP contribution in [-0.2, 0) is 0 Å². The van der Waals surface area contributed by atoms with Crippen LogP contribution in [0, 0.1) is 5.82 Å². The van der Waals surface area contributed by atoms with Crippen LogP contribution in [0.15, 0.2) is 12.1 Å². The Morgan fingerprint density at radius 3 is 2.53 bits per heavy atom. The minimum atomic E-state index is -1.02. The molecule has 1 aromatic carbocycles. The molecule has 0 fully saturated rings. The van der Waals surface area contributed by atoms with Crippen LogP contribution in [-0.4, -0.2) is 25.2 Å². The van der Waals surface area contributed by atoms with Crippen LogP contribution in [0.2, 0.25) is 0 Å². The van der Waals surface area contributed by atoms with Gasteiger partial charge in [-0.1, -0.05) is 0 Å². The molecule has 0 aliphatic rings. The molecule has 1 aromatic rings. The largest absolute Gasteiger partial charge is 0.496 e. The van der Waals surface area contributed by atoms with Crippen molar-refractivity contribution in [1.29, 1.82) is 0 Å². The van der Waals surface area contributed by atoms with Crippen molar-refractivity contribution in [2.75, 3.05) is 20.1 Å². The first-order chi connectivity index (χ1) is 7.15. The number of alkyl halides is 1. The smallest absolute Gasteiger partial charge is 0.165 e. The van der Waals surface area contributed by atoms with Crippen molar-refractivity contribution in [3.8, 4) is 11.5 Å². The Morgan fingerprint density at radius 2 is 2.07 bits per heavy atom. The van der Waals surface area contributed by atoms with Gasteiger partial charge in [0.15, 0.2) is 11.6 Å². The first kappa shape index (κ1) is 12.1. The van der Waals surface area contributed by atoms with E-state index in [1.165, 1.54) is 26.4 Å². The molecule has 0 spiro atoms. The lowest BCUT2D eigenvalue weighted by Crippen LogP contribution is -2.06. The normalized spacial score (nSPS) is 12.3. The van der Waals surface area contributed by atoms with E-state index in [1.807, 2.05) is 0 Å². The van der Waals surface area contributed by atoms with E-state index in [0.717, 1.165) is 0 Å². The fourth-order valence-corrected chi connectivity index (χ4v) is 1.49. The highest BCUT2D eigenvalue weighted by atomic mass is 35.5. The van der Waals surface area contributed by atoms with Crippen molar-refractivity contribution in [3.05, 3.63) is 23.5 Å². The molecule has 0 amide bonds. The highest BCUT2D eigenvalue weighted by Crippen LogP contribution is 2.36. The third kappa shape index (κ3) is 2.33. The Labute approximate surface area is 92.4 Å². The van der Waals surface area contributed by atoms with E-state index in [0.29, 0.717) is 5.75 Å². The predicted molar refractivity (Wildman–Crippen MR) is 55.2 cm³/mol. The van der Waals surface area contributed by atoms with Crippen LogP contribution >= 0.6 is 11.6 Å². The van der Waals surface area contributed by atoms with Crippen LogP contribution < -0.4 is 9.47 Å². The van der Waals surface area contributed by atoms with Gasteiger partial charge in [-0.25, -0.2) is 4.39 Å². The molecule has 15 heavy (non-hydrogen) atoms. The minimum absolute atomic E-state index is 0.0394. The molecule has 0 saturated carbocycles. The lowest BCUT2D eigenvalue weighted by molar-refractivity contribution is 0.190. The molecule has 0 heterocycles. The summed E-state index contributed by atoms with van der Waals surface area (Å²) in [5, 5.41) is 9.62. The third-order valence-corrected chi connectivity index (χ3v) is 2.30. The molecule has 1 rings (SSSR count). The summed E-state index contributed by atoms with van der Waals surface area (Å²) in [7, 11) is 2.75. The SMILES string of the molecule is COc1ccc(F)c(OC)c1C(O)CCl. The quantitative estimate of drug-likeness (QED) is 0.811. The predicted octanol–water partition coefficient (Wildman–Crippen LogP) is 2.12. The highest BCUT2D eigenvalue weighted by molar-refractivity contribution is 6.18. The second-order valence-corrected chi connectivity index (χ2v) is 3.18. The number of hydrogen-bond donors (Lipinski definition) is 1. The second kappa shape index (κ2) is 5.19. The molecule has 84 valence electrons. The second-order valence-electron chi connectivity index (χ2n) is 2.87. The number of benzene rings is 1. The Morgan fingerprint density at radius 1 is 1.40 bits per heavy atom. The van der Waals surface area contributed by atoms with Gasteiger partial charge in [-0.3, -0.25) is 0 Å². The summed E-state index contributed by atoms with van der Waals surface area (Å²) in [6, 6.07) is 2.63. The summed E-state index contributed by atoms with van der Waals surface area (Å²) in [5.74, 6) is -0.308. The molecular weight excluding hydrogens is 223 g/mol. The van der Waals surface area contributed by atoms with Gasteiger partial charge in [0.05, 0.1) is 31.8 Å².